The van der Waals surface area contributed by atoms with Crippen molar-refractivity contribution in [3.8, 4) is 0 Å². The molecule has 0 atom stereocenters. The second-order valence-electron chi connectivity index (χ2n) is 6.48. The molecule has 2 fully saturated rings. The molecule has 1 aromatic heterocycles. The first kappa shape index (κ1) is 17.2. The second kappa shape index (κ2) is 7.94. The Balaban J connectivity index is 1.51. The van der Waals surface area contributed by atoms with E-state index in [2.05, 4.69) is 10.3 Å². The van der Waals surface area contributed by atoms with Crippen LogP contribution >= 0.6 is 11.3 Å². The standard InChI is InChI=1S/C16H24N4O3S/c21-14(22)10-19-6-8-20(9-7-19)15(23)13-11-24-16(18-13)17-12-4-2-1-3-5-12/h11-12H,1-10H2,(H,17,18)(H,21,22). The van der Waals surface area contributed by atoms with E-state index in [9.17, 15) is 9.59 Å². The van der Waals surface area contributed by atoms with Crippen LogP contribution < -0.4 is 5.32 Å². The van der Waals surface area contributed by atoms with Crippen LogP contribution in [0.4, 0.5) is 5.13 Å². The van der Waals surface area contributed by atoms with Crippen LogP contribution in [0.25, 0.3) is 0 Å². The molecule has 1 aliphatic carbocycles. The maximum atomic E-state index is 12.5. The van der Waals surface area contributed by atoms with E-state index in [0.29, 0.717) is 37.9 Å². The molecule has 2 N–H and O–H groups in total. The molecular formula is C16H24N4O3S. The highest BCUT2D eigenvalue weighted by Gasteiger charge is 2.25. The Labute approximate surface area is 145 Å². The molecule has 8 heteroatoms. The van der Waals surface area contributed by atoms with Gasteiger partial charge in [-0.1, -0.05) is 19.3 Å². The van der Waals surface area contributed by atoms with Crippen LogP contribution in [0.15, 0.2) is 5.38 Å². The average molecular weight is 352 g/mol. The molecule has 0 radical (unpaired) electrons. The molecule has 132 valence electrons. The van der Waals surface area contributed by atoms with Gasteiger partial charge in [-0.05, 0) is 12.8 Å². The highest BCUT2D eigenvalue weighted by atomic mass is 32.1. The number of carbonyl (C=O) groups is 2. The van der Waals surface area contributed by atoms with Gasteiger partial charge >= 0.3 is 5.97 Å². The van der Waals surface area contributed by atoms with Gasteiger partial charge in [-0.2, -0.15) is 0 Å². The van der Waals surface area contributed by atoms with Gasteiger partial charge in [-0.25, -0.2) is 4.98 Å². The zero-order valence-electron chi connectivity index (χ0n) is 13.7. The molecule has 0 spiro atoms. The number of nitrogens with one attached hydrogen (secondary N) is 1. The number of carboxylic acids is 1. The van der Waals surface area contributed by atoms with Crippen LogP contribution in [-0.2, 0) is 4.79 Å². The van der Waals surface area contributed by atoms with Crippen LogP contribution in [0, 0.1) is 0 Å². The Kier molecular flexibility index (Phi) is 5.68. The molecule has 0 unspecified atom stereocenters. The van der Waals surface area contributed by atoms with Gasteiger partial charge < -0.3 is 15.3 Å². The topological polar surface area (TPSA) is 85.8 Å². The lowest BCUT2D eigenvalue weighted by molar-refractivity contribution is -0.138. The molecular weight excluding hydrogens is 328 g/mol. The number of anilines is 1. The van der Waals surface area contributed by atoms with E-state index in [1.165, 1.54) is 43.4 Å². The largest absolute Gasteiger partial charge is 0.480 e. The number of hydrogen-bond donors (Lipinski definition) is 2. The number of aromatic nitrogens is 1. The monoisotopic (exact) mass is 352 g/mol. The van der Waals surface area contributed by atoms with Crippen molar-refractivity contribution in [3.63, 3.8) is 0 Å². The van der Waals surface area contributed by atoms with Gasteiger partial charge in [0.05, 0.1) is 6.54 Å². The van der Waals surface area contributed by atoms with Crippen molar-refractivity contribution in [2.24, 2.45) is 0 Å². The van der Waals surface area contributed by atoms with Gasteiger partial charge in [0.2, 0.25) is 0 Å². The zero-order chi connectivity index (χ0) is 16.9. The Bertz CT molecular complexity index is 578. The number of carbonyl (C=O) groups excluding carboxylic acids is 1. The summed E-state index contributed by atoms with van der Waals surface area (Å²) >= 11 is 1.49. The lowest BCUT2D eigenvalue weighted by Gasteiger charge is -2.33. The minimum Gasteiger partial charge on any atom is -0.480 e. The minimum absolute atomic E-state index is 0.0359. The lowest BCUT2D eigenvalue weighted by atomic mass is 9.96. The van der Waals surface area contributed by atoms with Gasteiger partial charge in [0.25, 0.3) is 5.91 Å². The molecule has 1 aliphatic heterocycles. The molecule has 1 amide bonds. The summed E-state index contributed by atoms with van der Waals surface area (Å²) in [5.41, 5.74) is 0.491. The SMILES string of the molecule is O=C(O)CN1CCN(C(=O)c2csc(NC3CCCCC3)n2)CC1. The van der Waals surface area contributed by atoms with E-state index in [-0.39, 0.29) is 12.5 Å². The Morgan fingerprint density at radius 1 is 1.21 bits per heavy atom. The first-order valence-electron chi connectivity index (χ1n) is 8.57. The molecule has 0 bridgehead atoms. The number of nitrogens with zero attached hydrogens (tertiary/aromatic N) is 3. The fourth-order valence-electron chi connectivity index (χ4n) is 3.32. The first-order chi connectivity index (χ1) is 11.6. The molecule has 1 saturated heterocycles. The number of rotatable bonds is 5. The summed E-state index contributed by atoms with van der Waals surface area (Å²) in [7, 11) is 0. The summed E-state index contributed by atoms with van der Waals surface area (Å²) in [6.45, 7) is 2.32. The molecule has 24 heavy (non-hydrogen) atoms. The molecule has 2 aliphatic rings. The third-order valence-electron chi connectivity index (χ3n) is 4.67. The number of hydrogen-bond acceptors (Lipinski definition) is 6. The normalized spacial score (nSPS) is 20.1. The maximum absolute atomic E-state index is 12.5. The average Bonchev–Trinajstić information content (AvgIpc) is 3.04. The van der Waals surface area contributed by atoms with Gasteiger partial charge in [0.1, 0.15) is 5.69 Å². The van der Waals surface area contributed by atoms with E-state index in [1.807, 2.05) is 10.3 Å². The molecule has 2 heterocycles. The predicted octanol–water partition coefficient (Wildman–Crippen LogP) is 1.73. The third-order valence-corrected chi connectivity index (χ3v) is 5.45. The molecule has 3 rings (SSSR count). The number of thiazole rings is 1. The summed E-state index contributed by atoms with van der Waals surface area (Å²) < 4.78 is 0. The van der Waals surface area contributed by atoms with E-state index in [1.54, 1.807) is 4.90 Å². The smallest absolute Gasteiger partial charge is 0.317 e. The molecule has 1 saturated carbocycles. The Hall–Kier alpha value is -1.67. The van der Waals surface area contributed by atoms with E-state index in [0.717, 1.165) is 5.13 Å². The number of piperazine rings is 1. The summed E-state index contributed by atoms with van der Waals surface area (Å²) in [5.74, 6) is -0.884. The van der Waals surface area contributed by atoms with Crippen LogP contribution in [0.3, 0.4) is 0 Å². The molecule has 1 aromatic rings. The van der Waals surface area contributed by atoms with Crippen LogP contribution in [0.1, 0.15) is 42.6 Å². The number of carboxylic acid groups (broad SMARTS) is 1. The van der Waals surface area contributed by atoms with Crippen molar-refractivity contribution in [3.05, 3.63) is 11.1 Å². The maximum Gasteiger partial charge on any atom is 0.317 e. The van der Waals surface area contributed by atoms with Gasteiger partial charge in [0.15, 0.2) is 5.13 Å². The molecule has 7 nitrogen and oxygen atoms in total. The Morgan fingerprint density at radius 3 is 2.58 bits per heavy atom. The number of aliphatic carboxylic acids is 1. The summed E-state index contributed by atoms with van der Waals surface area (Å²) in [6.07, 6.45) is 6.18. The highest BCUT2D eigenvalue weighted by molar-refractivity contribution is 7.13. The Morgan fingerprint density at radius 2 is 1.92 bits per heavy atom. The quantitative estimate of drug-likeness (QED) is 0.839. The van der Waals surface area contributed by atoms with Gasteiger partial charge in [-0.3, -0.25) is 14.5 Å². The van der Waals surface area contributed by atoms with E-state index < -0.39 is 5.97 Å². The fourth-order valence-corrected chi connectivity index (χ4v) is 4.08. The lowest BCUT2D eigenvalue weighted by Crippen LogP contribution is -2.50. The fraction of sp³-hybridized carbons (Fsp3) is 0.688. The van der Waals surface area contributed by atoms with Crippen molar-refractivity contribution < 1.29 is 14.7 Å². The van der Waals surface area contributed by atoms with Crippen LogP contribution in [0.5, 0.6) is 0 Å². The van der Waals surface area contributed by atoms with E-state index >= 15 is 0 Å². The van der Waals surface area contributed by atoms with Crippen molar-refractivity contribution in [1.82, 2.24) is 14.8 Å². The van der Waals surface area contributed by atoms with Gasteiger partial charge in [-0.15, -0.1) is 11.3 Å². The minimum atomic E-state index is -0.826. The summed E-state index contributed by atoms with van der Waals surface area (Å²) in [6, 6.07) is 0.479. The highest BCUT2D eigenvalue weighted by Crippen LogP contribution is 2.24. The van der Waals surface area contributed by atoms with Crippen molar-refractivity contribution in [1.29, 1.82) is 0 Å². The van der Waals surface area contributed by atoms with Crippen molar-refractivity contribution in [2.75, 3.05) is 38.0 Å². The summed E-state index contributed by atoms with van der Waals surface area (Å²) in [4.78, 5) is 31.3. The number of amides is 1. The van der Waals surface area contributed by atoms with Crippen LogP contribution in [0.2, 0.25) is 0 Å². The predicted molar refractivity (Wildman–Crippen MR) is 92.6 cm³/mol. The van der Waals surface area contributed by atoms with Crippen molar-refractivity contribution in [2.45, 2.75) is 38.1 Å². The molecule has 0 aromatic carbocycles. The summed E-state index contributed by atoms with van der Waals surface area (Å²) in [5, 5.41) is 14.9. The van der Waals surface area contributed by atoms with Gasteiger partial charge in [0, 0.05) is 37.6 Å². The zero-order valence-corrected chi connectivity index (χ0v) is 14.6. The second-order valence-corrected chi connectivity index (χ2v) is 7.34. The van der Waals surface area contributed by atoms with E-state index in [4.69, 9.17) is 5.11 Å². The first-order valence-corrected chi connectivity index (χ1v) is 9.45. The third kappa shape index (κ3) is 4.45. The van der Waals surface area contributed by atoms with Crippen LogP contribution in [-0.4, -0.2) is 70.5 Å². The van der Waals surface area contributed by atoms with Crippen molar-refractivity contribution >= 4 is 28.3 Å².